The molecule has 0 saturated heterocycles. The highest BCUT2D eigenvalue weighted by molar-refractivity contribution is 9.10. The fraction of sp³-hybridized carbons (Fsp3) is 0.333. The second kappa shape index (κ2) is 7.19. The van der Waals surface area contributed by atoms with Crippen LogP contribution < -0.4 is 5.32 Å². The lowest BCUT2D eigenvalue weighted by Gasteiger charge is -2.22. The normalized spacial score (nSPS) is 12.4. The SMILES string of the molecule is CCNC(Cc1ccc(Br)cc1F)c1cccc(C)c1C. The van der Waals surface area contributed by atoms with Crippen molar-refractivity contribution in [1.29, 1.82) is 0 Å². The van der Waals surface area contributed by atoms with Crippen LogP contribution in [0.5, 0.6) is 0 Å². The molecular weight excluding hydrogens is 329 g/mol. The van der Waals surface area contributed by atoms with E-state index >= 15 is 0 Å². The van der Waals surface area contributed by atoms with Gasteiger partial charge in [-0.2, -0.15) is 0 Å². The summed E-state index contributed by atoms with van der Waals surface area (Å²) in [6.45, 7) is 7.18. The highest BCUT2D eigenvalue weighted by Gasteiger charge is 2.16. The van der Waals surface area contributed by atoms with Crippen molar-refractivity contribution in [2.45, 2.75) is 33.2 Å². The Balaban J connectivity index is 2.33. The number of rotatable bonds is 5. The summed E-state index contributed by atoms with van der Waals surface area (Å²) < 4.78 is 14.9. The number of hydrogen-bond acceptors (Lipinski definition) is 1. The lowest BCUT2D eigenvalue weighted by molar-refractivity contribution is 0.525. The predicted molar refractivity (Wildman–Crippen MR) is 90.1 cm³/mol. The maximum Gasteiger partial charge on any atom is 0.127 e. The van der Waals surface area contributed by atoms with Crippen molar-refractivity contribution in [2.24, 2.45) is 0 Å². The molecule has 0 aliphatic carbocycles. The molecular formula is C18H21BrFN. The molecule has 0 bridgehead atoms. The zero-order chi connectivity index (χ0) is 15.4. The second-order valence-electron chi connectivity index (χ2n) is 5.34. The van der Waals surface area contributed by atoms with E-state index in [-0.39, 0.29) is 11.9 Å². The van der Waals surface area contributed by atoms with E-state index in [0.717, 1.165) is 16.6 Å². The van der Waals surface area contributed by atoms with Gasteiger partial charge in [0.15, 0.2) is 0 Å². The van der Waals surface area contributed by atoms with Crippen molar-refractivity contribution in [2.75, 3.05) is 6.54 Å². The van der Waals surface area contributed by atoms with Gasteiger partial charge in [0.2, 0.25) is 0 Å². The van der Waals surface area contributed by atoms with E-state index in [9.17, 15) is 4.39 Å². The Morgan fingerprint density at radius 3 is 2.62 bits per heavy atom. The molecule has 1 N–H and O–H groups in total. The minimum atomic E-state index is -0.155. The lowest BCUT2D eigenvalue weighted by atomic mass is 9.93. The first-order chi connectivity index (χ1) is 10.0. The van der Waals surface area contributed by atoms with E-state index in [0.29, 0.717) is 6.42 Å². The number of nitrogens with one attached hydrogen (secondary N) is 1. The molecule has 0 saturated carbocycles. The summed E-state index contributed by atoms with van der Waals surface area (Å²) in [5, 5.41) is 3.48. The summed E-state index contributed by atoms with van der Waals surface area (Å²) in [5.74, 6) is -0.155. The molecule has 2 rings (SSSR count). The van der Waals surface area contributed by atoms with Crippen molar-refractivity contribution in [1.82, 2.24) is 5.32 Å². The number of halogens is 2. The van der Waals surface area contributed by atoms with Gasteiger partial charge in [0.1, 0.15) is 5.82 Å². The average Bonchev–Trinajstić information content (AvgIpc) is 2.44. The van der Waals surface area contributed by atoms with E-state index in [1.165, 1.54) is 22.8 Å². The first kappa shape index (κ1) is 16.2. The molecule has 0 aromatic heterocycles. The highest BCUT2D eigenvalue weighted by atomic mass is 79.9. The number of likely N-dealkylation sites (N-methyl/N-ethyl adjacent to an activating group) is 1. The molecule has 112 valence electrons. The number of benzene rings is 2. The first-order valence-electron chi connectivity index (χ1n) is 7.26. The van der Waals surface area contributed by atoms with E-state index in [1.54, 1.807) is 0 Å². The standard InChI is InChI=1S/C18H21BrFN/c1-4-21-18(16-7-5-6-12(2)13(16)3)10-14-8-9-15(19)11-17(14)20/h5-9,11,18,21H,4,10H2,1-3H3. The summed E-state index contributed by atoms with van der Waals surface area (Å²) in [4.78, 5) is 0. The van der Waals surface area contributed by atoms with Crippen LogP contribution in [0.25, 0.3) is 0 Å². The van der Waals surface area contributed by atoms with Gasteiger partial charge in [-0.25, -0.2) is 4.39 Å². The van der Waals surface area contributed by atoms with Gasteiger partial charge in [0.05, 0.1) is 0 Å². The van der Waals surface area contributed by atoms with Crippen LogP contribution in [-0.4, -0.2) is 6.54 Å². The van der Waals surface area contributed by atoms with Gasteiger partial charge in [-0.3, -0.25) is 0 Å². The molecule has 0 aliphatic rings. The van der Waals surface area contributed by atoms with Crippen molar-refractivity contribution in [3.05, 3.63) is 68.9 Å². The number of aryl methyl sites for hydroxylation is 1. The van der Waals surface area contributed by atoms with Gasteiger partial charge < -0.3 is 5.32 Å². The monoisotopic (exact) mass is 349 g/mol. The van der Waals surface area contributed by atoms with Gasteiger partial charge >= 0.3 is 0 Å². The topological polar surface area (TPSA) is 12.0 Å². The zero-order valence-corrected chi connectivity index (χ0v) is 14.3. The Kier molecular flexibility index (Phi) is 5.54. The van der Waals surface area contributed by atoms with Crippen LogP contribution in [0, 0.1) is 19.7 Å². The van der Waals surface area contributed by atoms with Crippen LogP contribution >= 0.6 is 15.9 Å². The largest absolute Gasteiger partial charge is 0.310 e. The van der Waals surface area contributed by atoms with E-state index in [2.05, 4.69) is 60.2 Å². The van der Waals surface area contributed by atoms with Crippen LogP contribution in [0.3, 0.4) is 0 Å². The van der Waals surface area contributed by atoms with Crippen LogP contribution in [0.2, 0.25) is 0 Å². The Labute approximate surface area is 134 Å². The maximum atomic E-state index is 14.1. The second-order valence-corrected chi connectivity index (χ2v) is 6.25. The summed E-state index contributed by atoms with van der Waals surface area (Å²) in [7, 11) is 0. The van der Waals surface area contributed by atoms with E-state index in [4.69, 9.17) is 0 Å². The van der Waals surface area contributed by atoms with Gasteiger partial charge in [0.25, 0.3) is 0 Å². The quantitative estimate of drug-likeness (QED) is 0.791. The summed E-state index contributed by atoms with van der Waals surface area (Å²) in [6.07, 6.45) is 0.650. The first-order valence-corrected chi connectivity index (χ1v) is 8.05. The summed E-state index contributed by atoms with van der Waals surface area (Å²) in [5.41, 5.74) is 4.54. The molecule has 3 heteroatoms. The average molecular weight is 350 g/mol. The third kappa shape index (κ3) is 3.92. The van der Waals surface area contributed by atoms with Crippen molar-refractivity contribution in [3.63, 3.8) is 0 Å². The molecule has 0 fully saturated rings. The van der Waals surface area contributed by atoms with Gasteiger partial charge in [-0.05, 0) is 61.2 Å². The van der Waals surface area contributed by atoms with Gasteiger partial charge in [-0.1, -0.05) is 47.1 Å². The molecule has 0 amide bonds. The third-order valence-electron chi connectivity index (χ3n) is 3.91. The maximum absolute atomic E-state index is 14.1. The van der Waals surface area contributed by atoms with E-state index < -0.39 is 0 Å². The van der Waals surface area contributed by atoms with Crippen molar-refractivity contribution < 1.29 is 4.39 Å². The predicted octanol–water partition coefficient (Wildman–Crippen LogP) is 5.10. The molecule has 0 heterocycles. The Bertz CT molecular complexity index is 625. The minimum Gasteiger partial charge on any atom is -0.310 e. The molecule has 21 heavy (non-hydrogen) atoms. The Hall–Kier alpha value is -1.19. The molecule has 1 nitrogen and oxygen atoms in total. The molecule has 2 aromatic carbocycles. The fourth-order valence-electron chi connectivity index (χ4n) is 2.60. The summed E-state index contributed by atoms with van der Waals surface area (Å²) in [6, 6.07) is 11.7. The van der Waals surface area contributed by atoms with Crippen LogP contribution in [0.4, 0.5) is 4.39 Å². The summed E-state index contributed by atoms with van der Waals surface area (Å²) >= 11 is 3.30. The molecule has 0 aliphatic heterocycles. The zero-order valence-electron chi connectivity index (χ0n) is 12.7. The molecule has 1 atom stereocenters. The molecule has 1 unspecified atom stereocenters. The van der Waals surface area contributed by atoms with Crippen LogP contribution in [0.15, 0.2) is 40.9 Å². The number of hydrogen-bond donors (Lipinski definition) is 1. The van der Waals surface area contributed by atoms with Gasteiger partial charge in [0, 0.05) is 10.5 Å². The molecule has 2 aromatic rings. The van der Waals surface area contributed by atoms with Gasteiger partial charge in [-0.15, -0.1) is 0 Å². The van der Waals surface area contributed by atoms with Crippen LogP contribution in [0.1, 0.15) is 35.2 Å². The molecule has 0 radical (unpaired) electrons. The lowest BCUT2D eigenvalue weighted by Crippen LogP contribution is -2.24. The third-order valence-corrected chi connectivity index (χ3v) is 4.40. The Morgan fingerprint density at radius 1 is 1.19 bits per heavy atom. The van der Waals surface area contributed by atoms with Crippen molar-refractivity contribution in [3.8, 4) is 0 Å². The Morgan fingerprint density at radius 2 is 1.95 bits per heavy atom. The smallest absolute Gasteiger partial charge is 0.127 e. The molecule has 0 spiro atoms. The highest BCUT2D eigenvalue weighted by Crippen LogP contribution is 2.26. The van der Waals surface area contributed by atoms with E-state index in [1.807, 2.05) is 12.1 Å². The fourth-order valence-corrected chi connectivity index (χ4v) is 2.93. The van der Waals surface area contributed by atoms with Crippen LogP contribution in [-0.2, 0) is 6.42 Å². The van der Waals surface area contributed by atoms with Crippen molar-refractivity contribution >= 4 is 15.9 Å². The minimum absolute atomic E-state index is 0.130.